The normalized spacial score (nSPS) is 11.9. The van der Waals surface area contributed by atoms with E-state index in [0.29, 0.717) is 5.69 Å². The molecule has 2 aromatic carbocycles. The summed E-state index contributed by atoms with van der Waals surface area (Å²) in [4.78, 5) is 12.1. The summed E-state index contributed by atoms with van der Waals surface area (Å²) >= 11 is 0. The fraction of sp³-hybridized carbons (Fsp3) is 0.105. The molecule has 0 aliphatic carbocycles. The van der Waals surface area contributed by atoms with Gasteiger partial charge in [0, 0.05) is 17.6 Å². The number of carbonyl (C=O) groups is 1. The van der Waals surface area contributed by atoms with Crippen LogP contribution in [0.5, 0.6) is 5.75 Å². The Hall–Kier alpha value is -3.21. The van der Waals surface area contributed by atoms with Crippen LogP contribution in [-0.2, 0) is 4.79 Å². The number of benzene rings is 2. The molecule has 0 radical (unpaired) electrons. The number of ether oxygens (including phenoxy) is 1. The van der Waals surface area contributed by atoms with Gasteiger partial charge in [0.1, 0.15) is 5.75 Å². The second-order valence-electron chi connectivity index (χ2n) is 5.04. The van der Waals surface area contributed by atoms with Gasteiger partial charge in [0.25, 0.3) is 0 Å². The molecule has 1 amide bonds. The molecule has 124 valence electrons. The van der Waals surface area contributed by atoms with Crippen LogP contribution >= 0.6 is 0 Å². The molecule has 0 heterocycles. The van der Waals surface area contributed by atoms with Gasteiger partial charge in [-0.15, -0.1) is 0 Å². The number of anilines is 2. The van der Waals surface area contributed by atoms with E-state index < -0.39 is 0 Å². The number of rotatable bonds is 6. The quantitative estimate of drug-likeness (QED) is 0.751. The van der Waals surface area contributed by atoms with E-state index in [1.54, 1.807) is 13.2 Å². The standard InChI is InChI=1S/C19H21N3O2/c1-3-4-14-11-17(6-5-15(14)12-20)22-19(23)13-21-16-7-9-18(24-2)10-8-16/h3-12,21H,1,13,20H2,2H3,(H,22,23)/b14-4-,15-12-. The molecule has 4 N–H and O–H groups in total. The molecule has 0 spiro atoms. The van der Waals surface area contributed by atoms with Crippen molar-refractivity contribution < 1.29 is 9.53 Å². The van der Waals surface area contributed by atoms with Crippen molar-refractivity contribution in [2.24, 2.45) is 5.73 Å². The number of carbonyl (C=O) groups excluding carboxylic acids is 1. The summed E-state index contributed by atoms with van der Waals surface area (Å²) in [6.45, 7) is 3.85. The third kappa shape index (κ3) is 4.64. The predicted octanol–water partition coefficient (Wildman–Crippen LogP) is 1.41. The monoisotopic (exact) mass is 323 g/mol. The molecular formula is C19H21N3O2. The summed E-state index contributed by atoms with van der Waals surface area (Å²) in [7, 11) is 1.61. The number of nitrogens with two attached hydrogens (primary N) is 1. The maximum absolute atomic E-state index is 12.1. The lowest BCUT2D eigenvalue weighted by molar-refractivity contribution is -0.114. The summed E-state index contributed by atoms with van der Waals surface area (Å²) in [6, 6.07) is 12.9. The lowest BCUT2D eigenvalue weighted by Gasteiger charge is -2.08. The molecule has 0 unspecified atom stereocenters. The van der Waals surface area contributed by atoms with Gasteiger partial charge in [-0.3, -0.25) is 4.79 Å². The zero-order chi connectivity index (χ0) is 17.4. The van der Waals surface area contributed by atoms with Gasteiger partial charge in [-0.2, -0.15) is 0 Å². The molecule has 0 aromatic heterocycles. The van der Waals surface area contributed by atoms with Crippen LogP contribution in [-0.4, -0.2) is 19.6 Å². The highest BCUT2D eigenvalue weighted by molar-refractivity contribution is 5.93. The number of hydrogen-bond acceptors (Lipinski definition) is 4. The maximum Gasteiger partial charge on any atom is 0.243 e. The lowest BCUT2D eigenvalue weighted by atomic mass is 10.2. The fourth-order valence-electron chi connectivity index (χ4n) is 2.17. The number of nitrogens with one attached hydrogen (secondary N) is 2. The first-order chi connectivity index (χ1) is 11.7. The van der Waals surface area contributed by atoms with Crippen LogP contribution in [0.25, 0.3) is 12.3 Å². The fourth-order valence-corrected chi connectivity index (χ4v) is 2.17. The molecule has 0 fully saturated rings. The van der Waals surface area contributed by atoms with E-state index >= 15 is 0 Å². The summed E-state index contributed by atoms with van der Waals surface area (Å²) in [5, 5.41) is 7.69. The Balaban J connectivity index is 2.00. The molecule has 0 bridgehead atoms. The molecular weight excluding hydrogens is 302 g/mol. The summed E-state index contributed by atoms with van der Waals surface area (Å²) in [5.41, 5.74) is 7.13. The topological polar surface area (TPSA) is 76.4 Å². The summed E-state index contributed by atoms with van der Waals surface area (Å²) in [5.74, 6) is 0.632. The van der Waals surface area contributed by atoms with Crippen LogP contribution in [0.15, 0.2) is 55.1 Å². The predicted molar refractivity (Wildman–Crippen MR) is 99.1 cm³/mol. The SMILES string of the molecule is C=C/C=c1/cc(NC(=O)CNc2ccc(OC)cc2)cc/c1=C/N. The van der Waals surface area contributed by atoms with Gasteiger partial charge in [-0.05, 0) is 46.8 Å². The van der Waals surface area contributed by atoms with Crippen molar-refractivity contribution in [2.45, 2.75) is 0 Å². The first kappa shape index (κ1) is 17.1. The maximum atomic E-state index is 12.1. The average molecular weight is 323 g/mol. The summed E-state index contributed by atoms with van der Waals surface area (Å²) < 4.78 is 5.10. The van der Waals surface area contributed by atoms with Crippen LogP contribution < -0.4 is 31.5 Å². The van der Waals surface area contributed by atoms with Crippen LogP contribution in [0, 0.1) is 0 Å². The minimum absolute atomic E-state index is 0.139. The Morgan fingerprint density at radius 3 is 2.50 bits per heavy atom. The van der Waals surface area contributed by atoms with Crippen molar-refractivity contribution in [3.8, 4) is 5.75 Å². The van der Waals surface area contributed by atoms with E-state index in [1.165, 1.54) is 6.20 Å². The van der Waals surface area contributed by atoms with Crippen molar-refractivity contribution in [1.29, 1.82) is 0 Å². The Kier molecular flexibility index (Phi) is 6.02. The van der Waals surface area contributed by atoms with E-state index in [-0.39, 0.29) is 12.5 Å². The molecule has 2 rings (SSSR count). The van der Waals surface area contributed by atoms with E-state index in [1.807, 2.05) is 48.5 Å². The zero-order valence-corrected chi connectivity index (χ0v) is 13.6. The summed E-state index contributed by atoms with van der Waals surface area (Å²) in [6.07, 6.45) is 5.04. The zero-order valence-electron chi connectivity index (χ0n) is 13.6. The Bertz CT molecular complexity index is 827. The van der Waals surface area contributed by atoms with Crippen molar-refractivity contribution in [2.75, 3.05) is 24.3 Å². The van der Waals surface area contributed by atoms with E-state index in [0.717, 1.165) is 21.9 Å². The van der Waals surface area contributed by atoms with Crippen LogP contribution in [0.2, 0.25) is 0 Å². The highest BCUT2D eigenvalue weighted by Gasteiger charge is 2.03. The Labute approximate surface area is 141 Å². The Morgan fingerprint density at radius 2 is 1.88 bits per heavy atom. The lowest BCUT2D eigenvalue weighted by Crippen LogP contribution is -2.28. The van der Waals surface area contributed by atoms with E-state index in [9.17, 15) is 4.79 Å². The van der Waals surface area contributed by atoms with E-state index in [4.69, 9.17) is 10.5 Å². The van der Waals surface area contributed by atoms with Gasteiger partial charge in [-0.1, -0.05) is 24.8 Å². The number of hydrogen-bond donors (Lipinski definition) is 3. The average Bonchev–Trinajstić information content (AvgIpc) is 2.61. The number of allylic oxidation sites excluding steroid dienone is 1. The third-order valence-electron chi connectivity index (χ3n) is 3.39. The van der Waals surface area contributed by atoms with Crippen LogP contribution in [0.4, 0.5) is 11.4 Å². The molecule has 5 nitrogen and oxygen atoms in total. The Morgan fingerprint density at radius 1 is 1.17 bits per heavy atom. The smallest absolute Gasteiger partial charge is 0.243 e. The first-order valence-corrected chi connectivity index (χ1v) is 7.49. The molecule has 0 atom stereocenters. The van der Waals surface area contributed by atoms with Crippen LogP contribution in [0.1, 0.15) is 0 Å². The van der Waals surface area contributed by atoms with Crippen LogP contribution in [0.3, 0.4) is 0 Å². The minimum atomic E-state index is -0.139. The van der Waals surface area contributed by atoms with Crippen molar-refractivity contribution >= 4 is 29.6 Å². The minimum Gasteiger partial charge on any atom is -0.497 e. The highest BCUT2D eigenvalue weighted by atomic mass is 16.5. The van der Waals surface area contributed by atoms with Gasteiger partial charge in [0.15, 0.2) is 0 Å². The van der Waals surface area contributed by atoms with E-state index in [2.05, 4.69) is 17.2 Å². The second-order valence-corrected chi connectivity index (χ2v) is 5.04. The first-order valence-electron chi connectivity index (χ1n) is 7.49. The van der Waals surface area contributed by atoms with Gasteiger partial charge in [0.05, 0.1) is 13.7 Å². The van der Waals surface area contributed by atoms with Gasteiger partial charge in [0.2, 0.25) is 5.91 Å². The molecule has 5 heteroatoms. The third-order valence-corrected chi connectivity index (χ3v) is 3.39. The molecule has 0 saturated carbocycles. The van der Waals surface area contributed by atoms with Crippen molar-refractivity contribution in [3.05, 3.63) is 65.6 Å². The van der Waals surface area contributed by atoms with Crippen molar-refractivity contribution in [3.63, 3.8) is 0 Å². The van der Waals surface area contributed by atoms with Gasteiger partial charge in [-0.25, -0.2) is 0 Å². The molecule has 24 heavy (non-hydrogen) atoms. The highest BCUT2D eigenvalue weighted by Crippen LogP contribution is 2.14. The van der Waals surface area contributed by atoms with Gasteiger partial charge >= 0.3 is 0 Å². The second kappa shape index (κ2) is 8.43. The number of methoxy groups -OCH3 is 1. The molecule has 0 saturated heterocycles. The van der Waals surface area contributed by atoms with Gasteiger partial charge < -0.3 is 21.1 Å². The largest absolute Gasteiger partial charge is 0.497 e. The molecule has 0 aliphatic rings. The van der Waals surface area contributed by atoms with Crippen molar-refractivity contribution in [1.82, 2.24) is 0 Å². The number of amides is 1. The molecule has 2 aromatic rings. The molecule has 0 aliphatic heterocycles.